The van der Waals surface area contributed by atoms with Crippen LogP contribution >= 0.6 is 0 Å². The van der Waals surface area contributed by atoms with Crippen molar-refractivity contribution < 1.29 is 4.74 Å². The molecule has 3 heteroatoms. The van der Waals surface area contributed by atoms with E-state index in [1.165, 1.54) is 11.1 Å². The Morgan fingerprint density at radius 2 is 1.80 bits per heavy atom. The smallest absolute Gasteiger partial charge is 0.121 e. The number of nitrogens with zero attached hydrogens (tertiary/aromatic N) is 1. The van der Waals surface area contributed by atoms with E-state index in [-0.39, 0.29) is 0 Å². The van der Waals surface area contributed by atoms with Crippen LogP contribution in [0.4, 0.5) is 0 Å². The molecule has 0 amide bonds. The van der Waals surface area contributed by atoms with Crippen LogP contribution in [0.3, 0.4) is 0 Å². The Hall–Kier alpha value is -2.13. The molecule has 0 spiro atoms. The summed E-state index contributed by atoms with van der Waals surface area (Å²) in [5, 5.41) is 0. The van der Waals surface area contributed by atoms with Crippen LogP contribution in [0.5, 0.6) is 0 Å². The van der Waals surface area contributed by atoms with Gasteiger partial charge in [-0.05, 0) is 29.7 Å². The van der Waals surface area contributed by atoms with Crippen molar-refractivity contribution in [2.24, 2.45) is 10.7 Å². The molecule has 1 atom stereocenters. The summed E-state index contributed by atoms with van der Waals surface area (Å²) < 4.78 is 5.54. The Labute approximate surface area is 119 Å². The summed E-state index contributed by atoms with van der Waals surface area (Å²) in [7, 11) is 0. The number of nitrogens with two attached hydrogens (primary N) is 1. The van der Waals surface area contributed by atoms with Crippen LogP contribution in [0.15, 0.2) is 59.6 Å². The summed E-state index contributed by atoms with van der Waals surface area (Å²) in [4.78, 5) is 4.59. The highest BCUT2D eigenvalue weighted by atomic mass is 16.5. The largest absolute Gasteiger partial charge is 0.386 e. The van der Waals surface area contributed by atoms with Gasteiger partial charge in [0, 0.05) is 0 Å². The zero-order chi connectivity index (χ0) is 14.0. The highest BCUT2D eigenvalue weighted by molar-refractivity contribution is 5.82. The summed E-state index contributed by atoms with van der Waals surface area (Å²) in [5.74, 6) is 0.559. The molecule has 0 radical (unpaired) electrons. The Balaban J connectivity index is 2.02. The first kappa shape index (κ1) is 12.9. The summed E-state index contributed by atoms with van der Waals surface area (Å²) in [6.07, 6.45) is 0. The van der Waals surface area contributed by atoms with Crippen LogP contribution in [-0.4, -0.2) is 19.0 Å². The Morgan fingerprint density at radius 1 is 1.05 bits per heavy atom. The van der Waals surface area contributed by atoms with Gasteiger partial charge in [0.05, 0.1) is 6.61 Å². The molecule has 20 heavy (non-hydrogen) atoms. The highest BCUT2D eigenvalue weighted by Gasteiger charge is 2.29. The average Bonchev–Trinajstić information content (AvgIpc) is 2.48. The molecule has 0 bridgehead atoms. The minimum absolute atomic E-state index is 0.396. The molecule has 1 heterocycles. The van der Waals surface area contributed by atoms with Crippen LogP contribution in [-0.2, 0) is 10.3 Å². The summed E-state index contributed by atoms with van der Waals surface area (Å²) in [6.45, 7) is 3.04. The molecule has 3 nitrogen and oxygen atoms in total. The molecule has 1 unspecified atom stereocenters. The second kappa shape index (κ2) is 5.10. The topological polar surface area (TPSA) is 47.6 Å². The molecule has 1 aliphatic heterocycles. The average molecular weight is 266 g/mol. The van der Waals surface area contributed by atoms with E-state index in [2.05, 4.69) is 48.3 Å². The summed E-state index contributed by atoms with van der Waals surface area (Å²) in [6, 6.07) is 18.7. The lowest BCUT2D eigenvalue weighted by atomic mass is 9.90. The Morgan fingerprint density at radius 3 is 2.55 bits per heavy atom. The van der Waals surface area contributed by atoms with E-state index in [1.807, 2.05) is 18.2 Å². The van der Waals surface area contributed by atoms with E-state index in [0.717, 1.165) is 5.56 Å². The number of ether oxygens (including phenoxy) is 1. The van der Waals surface area contributed by atoms with Gasteiger partial charge in [0.15, 0.2) is 0 Å². The number of hydrogen-bond donors (Lipinski definition) is 1. The quantitative estimate of drug-likeness (QED) is 0.908. The summed E-state index contributed by atoms with van der Waals surface area (Å²) >= 11 is 0. The predicted octanol–water partition coefficient (Wildman–Crippen LogP) is 2.96. The zero-order valence-electron chi connectivity index (χ0n) is 11.5. The fraction of sp³-hybridized carbons (Fsp3) is 0.235. The number of benzene rings is 2. The second-order valence-electron chi connectivity index (χ2n) is 5.32. The molecular weight excluding hydrogens is 248 g/mol. The van der Waals surface area contributed by atoms with Crippen LogP contribution in [0.1, 0.15) is 12.5 Å². The fourth-order valence-corrected chi connectivity index (χ4v) is 2.55. The van der Waals surface area contributed by atoms with Gasteiger partial charge in [-0.2, -0.15) is 0 Å². The van der Waals surface area contributed by atoms with Crippen LogP contribution in [0.2, 0.25) is 0 Å². The number of amidine groups is 1. The maximum absolute atomic E-state index is 5.82. The van der Waals surface area contributed by atoms with E-state index in [1.54, 1.807) is 0 Å². The Kier molecular flexibility index (Phi) is 3.28. The third-order valence-corrected chi connectivity index (χ3v) is 3.62. The van der Waals surface area contributed by atoms with Crippen molar-refractivity contribution in [2.75, 3.05) is 13.2 Å². The molecule has 0 fully saturated rings. The van der Waals surface area contributed by atoms with Crippen LogP contribution in [0, 0.1) is 0 Å². The molecule has 2 aromatic carbocycles. The van der Waals surface area contributed by atoms with Gasteiger partial charge in [-0.3, -0.25) is 4.99 Å². The first-order chi connectivity index (χ1) is 9.67. The van der Waals surface area contributed by atoms with Gasteiger partial charge in [0.1, 0.15) is 18.0 Å². The van der Waals surface area contributed by atoms with Gasteiger partial charge in [0.25, 0.3) is 0 Å². The van der Waals surface area contributed by atoms with Crippen molar-refractivity contribution in [3.05, 3.63) is 60.2 Å². The number of rotatable bonds is 2. The van der Waals surface area contributed by atoms with Crippen molar-refractivity contribution in [3.63, 3.8) is 0 Å². The molecule has 0 saturated carbocycles. The fourth-order valence-electron chi connectivity index (χ4n) is 2.55. The van der Waals surface area contributed by atoms with Crippen molar-refractivity contribution in [2.45, 2.75) is 12.5 Å². The first-order valence-corrected chi connectivity index (χ1v) is 6.75. The molecule has 102 valence electrons. The van der Waals surface area contributed by atoms with E-state index >= 15 is 0 Å². The minimum Gasteiger partial charge on any atom is -0.386 e. The number of aliphatic imine (C=N–C) groups is 1. The second-order valence-corrected chi connectivity index (χ2v) is 5.32. The zero-order valence-corrected chi connectivity index (χ0v) is 11.5. The normalized spacial score (nSPS) is 22.4. The highest BCUT2D eigenvalue weighted by Crippen LogP contribution is 2.31. The maximum Gasteiger partial charge on any atom is 0.121 e. The molecule has 0 saturated heterocycles. The van der Waals surface area contributed by atoms with Gasteiger partial charge in [0.2, 0.25) is 0 Å². The van der Waals surface area contributed by atoms with E-state index in [4.69, 9.17) is 10.5 Å². The maximum atomic E-state index is 5.82. The third kappa shape index (κ3) is 2.45. The predicted molar refractivity (Wildman–Crippen MR) is 81.7 cm³/mol. The van der Waals surface area contributed by atoms with E-state index in [9.17, 15) is 0 Å². The van der Waals surface area contributed by atoms with Gasteiger partial charge in [-0.15, -0.1) is 0 Å². The van der Waals surface area contributed by atoms with Gasteiger partial charge < -0.3 is 10.5 Å². The van der Waals surface area contributed by atoms with Crippen LogP contribution < -0.4 is 5.73 Å². The lowest BCUT2D eigenvalue weighted by Gasteiger charge is -2.30. The standard InChI is InChI=1S/C17H18N2O/c1-17(12-20-11-16(18)19-17)15-9-5-8-14(10-15)13-6-3-2-4-7-13/h2-10H,11-12H2,1H3,(H2,18,19). The molecule has 2 N–H and O–H groups in total. The third-order valence-electron chi connectivity index (χ3n) is 3.62. The molecule has 2 aromatic rings. The molecule has 1 aliphatic rings. The molecule has 0 aliphatic carbocycles. The molecule has 0 aromatic heterocycles. The lowest BCUT2D eigenvalue weighted by molar-refractivity contribution is 0.106. The van der Waals surface area contributed by atoms with E-state index < -0.39 is 5.54 Å². The van der Waals surface area contributed by atoms with Crippen molar-refractivity contribution in [1.82, 2.24) is 0 Å². The van der Waals surface area contributed by atoms with Crippen molar-refractivity contribution in [3.8, 4) is 11.1 Å². The summed E-state index contributed by atoms with van der Waals surface area (Å²) in [5.41, 5.74) is 8.94. The van der Waals surface area contributed by atoms with Crippen molar-refractivity contribution in [1.29, 1.82) is 0 Å². The molecular formula is C17H18N2O. The van der Waals surface area contributed by atoms with Gasteiger partial charge >= 0.3 is 0 Å². The monoisotopic (exact) mass is 266 g/mol. The lowest BCUT2D eigenvalue weighted by Crippen LogP contribution is -2.37. The Bertz CT molecular complexity index is 636. The first-order valence-electron chi connectivity index (χ1n) is 6.75. The minimum atomic E-state index is -0.396. The van der Waals surface area contributed by atoms with Gasteiger partial charge in [-0.25, -0.2) is 0 Å². The molecule has 3 rings (SSSR count). The van der Waals surface area contributed by atoms with Gasteiger partial charge in [-0.1, -0.05) is 48.5 Å². The SMILES string of the molecule is CC1(c2cccc(-c3ccccc3)c2)COCC(N)=N1. The number of hydrogen-bond acceptors (Lipinski definition) is 3. The van der Waals surface area contributed by atoms with Crippen molar-refractivity contribution >= 4 is 5.84 Å². The van der Waals surface area contributed by atoms with E-state index in [0.29, 0.717) is 19.0 Å². The van der Waals surface area contributed by atoms with Crippen LogP contribution in [0.25, 0.3) is 11.1 Å².